The number of carbonyl (C=O) groups is 1. The van der Waals surface area contributed by atoms with Crippen LogP contribution in [0.3, 0.4) is 0 Å². The zero-order valence-electron chi connectivity index (χ0n) is 20.9. The van der Waals surface area contributed by atoms with Crippen LogP contribution in [0.15, 0.2) is 54.6 Å². The highest BCUT2D eigenvalue weighted by Gasteiger charge is 2.41. The lowest BCUT2D eigenvalue weighted by Crippen LogP contribution is -2.49. The summed E-state index contributed by atoms with van der Waals surface area (Å²) in [4.78, 5) is 18.1. The van der Waals surface area contributed by atoms with Gasteiger partial charge in [0.1, 0.15) is 5.75 Å². The molecular weight excluding hydrogens is 434 g/mol. The van der Waals surface area contributed by atoms with Crippen LogP contribution >= 0.6 is 0 Å². The molecule has 3 fully saturated rings. The van der Waals surface area contributed by atoms with Crippen molar-refractivity contribution in [3.05, 3.63) is 65.7 Å². The van der Waals surface area contributed by atoms with Crippen LogP contribution in [-0.4, -0.2) is 52.7 Å². The van der Waals surface area contributed by atoms with Crippen LogP contribution in [0, 0.1) is 5.92 Å². The number of phenols is 1. The van der Waals surface area contributed by atoms with Crippen molar-refractivity contribution in [2.45, 2.75) is 82.3 Å². The summed E-state index contributed by atoms with van der Waals surface area (Å²) in [6, 6.07) is 19.3. The monoisotopic (exact) mass is 475 g/mol. The van der Waals surface area contributed by atoms with Crippen LogP contribution < -0.4 is 5.32 Å². The second-order valence-electron chi connectivity index (χ2n) is 11.0. The molecule has 2 aromatic carbocycles. The van der Waals surface area contributed by atoms with Crippen LogP contribution in [0.1, 0.15) is 74.8 Å². The molecule has 2 aliphatic heterocycles. The van der Waals surface area contributed by atoms with Crippen LogP contribution in [0.4, 0.5) is 4.79 Å². The van der Waals surface area contributed by atoms with E-state index in [0.29, 0.717) is 36.2 Å². The molecule has 2 amide bonds. The third-order valence-corrected chi connectivity index (χ3v) is 8.63. The molecule has 35 heavy (non-hydrogen) atoms. The fourth-order valence-electron chi connectivity index (χ4n) is 6.77. The van der Waals surface area contributed by atoms with Gasteiger partial charge in [-0.3, -0.25) is 4.90 Å². The Morgan fingerprint density at radius 3 is 2.40 bits per heavy atom. The van der Waals surface area contributed by atoms with Gasteiger partial charge in [-0.15, -0.1) is 0 Å². The van der Waals surface area contributed by atoms with Crippen molar-refractivity contribution < 1.29 is 9.90 Å². The molecule has 2 saturated heterocycles. The van der Waals surface area contributed by atoms with Gasteiger partial charge >= 0.3 is 6.03 Å². The van der Waals surface area contributed by atoms with Crippen LogP contribution in [0.25, 0.3) is 0 Å². The molecule has 2 heterocycles. The van der Waals surface area contributed by atoms with E-state index in [1.54, 1.807) is 6.07 Å². The summed E-state index contributed by atoms with van der Waals surface area (Å²) in [7, 11) is 0. The van der Waals surface area contributed by atoms with Crippen molar-refractivity contribution in [3.8, 4) is 5.75 Å². The van der Waals surface area contributed by atoms with Crippen molar-refractivity contribution in [2.75, 3.05) is 19.6 Å². The first-order chi connectivity index (χ1) is 17.2. The molecule has 1 unspecified atom stereocenters. The maximum Gasteiger partial charge on any atom is 0.317 e. The van der Waals surface area contributed by atoms with Crippen molar-refractivity contribution in [1.82, 2.24) is 15.1 Å². The Morgan fingerprint density at radius 2 is 1.69 bits per heavy atom. The molecule has 3 aliphatic rings. The van der Waals surface area contributed by atoms with E-state index in [9.17, 15) is 9.90 Å². The van der Waals surface area contributed by atoms with E-state index in [2.05, 4.69) is 33.3 Å². The maximum absolute atomic E-state index is 13.3. The molecule has 5 rings (SSSR count). The number of hydrogen-bond acceptors (Lipinski definition) is 3. The molecule has 1 aliphatic carbocycles. The number of urea groups is 1. The number of rotatable bonds is 8. The highest BCUT2D eigenvalue weighted by Crippen LogP contribution is 2.43. The zero-order chi connectivity index (χ0) is 24.0. The largest absolute Gasteiger partial charge is 0.508 e. The number of piperidine rings is 1. The first kappa shape index (κ1) is 24.2. The lowest BCUT2D eigenvalue weighted by atomic mass is 9.85. The highest BCUT2D eigenvalue weighted by atomic mass is 16.3. The van der Waals surface area contributed by atoms with E-state index in [1.807, 2.05) is 30.3 Å². The highest BCUT2D eigenvalue weighted by molar-refractivity contribution is 5.74. The van der Waals surface area contributed by atoms with E-state index in [0.717, 1.165) is 38.0 Å². The number of amides is 2. The van der Waals surface area contributed by atoms with Gasteiger partial charge in [0, 0.05) is 38.3 Å². The number of nitrogens with one attached hydrogen (secondary N) is 1. The molecule has 2 aromatic rings. The van der Waals surface area contributed by atoms with Crippen LogP contribution in [0.5, 0.6) is 5.75 Å². The van der Waals surface area contributed by atoms with E-state index < -0.39 is 0 Å². The van der Waals surface area contributed by atoms with Crippen LogP contribution in [-0.2, 0) is 6.54 Å². The molecule has 188 valence electrons. The van der Waals surface area contributed by atoms with Crippen molar-refractivity contribution in [1.29, 1.82) is 0 Å². The van der Waals surface area contributed by atoms with Gasteiger partial charge < -0.3 is 15.3 Å². The number of benzene rings is 2. The second kappa shape index (κ2) is 11.5. The zero-order valence-corrected chi connectivity index (χ0v) is 20.9. The van der Waals surface area contributed by atoms with Gasteiger partial charge in [0.2, 0.25) is 0 Å². The van der Waals surface area contributed by atoms with Gasteiger partial charge in [0.25, 0.3) is 0 Å². The fourth-order valence-corrected chi connectivity index (χ4v) is 6.77. The van der Waals surface area contributed by atoms with E-state index in [-0.39, 0.29) is 6.03 Å². The molecule has 2 N–H and O–H groups in total. The van der Waals surface area contributed by atoms with E-state index in [4.69, 9.17) is 0 Å². The predicted molar refractivity (Wildman–Crippen MR) is 140 cm³/mol. The summed E-state index contributed by atoms with van der Waals surface area (Å²) in [5.74, 6) is 1.54. The normalized spacial score (nSPS) is 24.9. The Kier molecular flexibility index (Phi) is 7.92. The van der Waals surface area contributed by atoms with Crippen molar-refractivity contribution >= 4 is 6.03 Å². The van der Waals surface area contributed by atoms with Gasteiger partial charge in [0.05, 0.1) is 0 Å². The third-order valence-electron chi connectivity index (χ3n) is 8.63. The fraction of sp³-hybridized carbons (Fsp3) is 0.567. The van der Waals surface area contributed by atoms with E-state index in [1.165, 1.54) is 50.5 Å². The number of fused-ring (bicyclic) bond motifs is 2. The Labute approximate surface area is 210 Å². The SMILES string of the molecule is O=C(NCc1ccccc1)N(CCN1[C@@H]2CC[C@H]1CC(c1cccc(O)c1)C2)CC1CCCCC1. The van der Waals surface area contributed by atoms with Gasteiger partial charge in [0.15, 0.2) is 0 Å². The summed E-state index contributed by atoms with van der Waals surface area (Å²) < 4.78 is 0. The molecule has 1 saturated carbocycles. The number of phenolic OH excluding ortho intramolecular Hbond substituents is 1. The molecule has 0 aromatic heterocycles. The van der Waals surface area contributed by atoms with Gasteiger partial charge in [-0.25, -0.2) is 4.79 Å². The van der Waals surface area contributed by atoms with Gasteiger partial charge in [-0.05, 0) is 73.6 Å². The quantitative estimate of drug-likeness (QED) is 0.500. The summed E-state index contributed by atoms with van der Waals surface area (Å²) in [6.45, 7) is 3.24. The van der Waals surface area contributed by atoms with Crippen molar-refractivity contribution in [3.63, 3.8) is 0 Å². The number of nitrogens with zero attached hydrogens (tertiary/aromatic N) is 2. The molecule has 5 heteroatoms. The van der Waals surface area contributed by atoms with Crippen LogP contribution in [0.2, 0.25) is 0 Å². The number of hydrogen-bond donors (Lipinski definition) is 2. The first-order valence-corrected chi connectivity index (χ1v) is 13.8. The minimum Gasteiger partial charge on any atom is -0.508 e. The summed E-state index contributed by atoms with van der Waals surface area (Å²) >= 11 is 0. The Morgan fingerprint density at radius 1 is 0.943 bits per heavy atom. The lowest BCUT2D eigenvalue weighted by molar-refractivity contribution is 0.106. The molecule has 3 atom stereocenters. The standard InChI is InChI=1S/C30H41N3O2/c34-29-13-7-12-25(20-29)26-18-27-14-15-28(19-26)33(27)17-16-32(22-24-10-5-2-6-11-24)30(35)31-21-23-8-3-1-4-9-23/h1,3-4,7-9,12-13,20,24,26-28,34H,2,5-6,10-11,14-19,21-22H2,(H,31,35)/t26?,27-,28+. The molecule has 2 bridgehead atoms. The summed E-state index contributed by atoms with van der Waals surface area (Å²) in [5.41, 5.74) is 2.42. The van der Waals surface area contributed by atoms with Gasteiger partial charge in [-0.2, -0.15) is 0 Å². The summed E-state index contributed by atoms with van der Waals surface area (Å²) in [5, 5.41) is 13.1. The Bertz CT molecular complexity index is 945. The lowest BCUT2D eigenvalue weighted by Gasteiger charge is -2.40. The van der Waals surface area contributed by atoms with Crippen molar-refractivity contribution in [2.24, 2.45) is 5.92 Å². The molecule has 0 spiro atoms. The topological polar surface area (TPSA) is 55.8 Å². The Balaban J connectivity index is 1.19. The molecule has 5 nitrogen and oxygen atoms in total. The maximum atomic E-state index is 13.3. The second-order valence-corrected chi connectivity index (χ2v) is 11.0. The smallest absolute Gasteiger partial charge is 0.317 e. The van der Waals surface area contributed by atoms with Gasteiger partial charge in [-0.1, -0.05) is 61.7 Å². The first-order valence-electron chi connectivity index (χ1n) is 13.8. The minimum absolute atomic E-state index is 0.0846. The summed E-state index contributed by atoms with van der Waals surface area (Å²) in [6.07, 6.45) is 11.3. The number of aromatic hydroxyl groups is 1. The minimum atomic E-state index is 0.0846. The Hall–Kier alpha value is -2.53. The number of carbonyl (C=O) groups excluding carboxylic acids is 1. The third kappa shape index (κ3) is 6.19. The average Bonchev–Trinajstić information content (AvgIpc) is 3.12. The van der Waals surface area contributed by atoms with E-state index >= 15 is 0 Å². The average molecular weight is 476 g/mol. The predicted octanol–water partition coefficient (Wildman–Crippen LogP) is 5.89. The molecule has 0 radical (unpaired) electrons. The molecular formula is C30H41N3O2.